The fourth-order valence-corrected chi connectivity index (χ4v) is 2.68. The Morgan fingerprint density at radius 2 is 2.23 bits per heavy atom. The summed E-state index contributed by atoms with van der Waals surface area (Å²) >= 11 is 7.20. The maximum atomic E-state index is 12.2. The van der Waals surface area contributed by atoms with Gasteiger partial charge in [-0.3, -0.25) is 20.2 Å². The third kappa shape index (κ3) is 3.99. The van der Waals surface area contributed by atoms with E-state index in [0.717, 1.165) is 30.3 Å². The number of benzene rings is 1. The van der Waals surface area contributed by atoms with Crippen molar-refractivity contribution < 1.29 is 9.72 Å². The van der Waals surface area contributed by atoms with E-state index in [9.17, 15) is 14.9 Å². The number of hydrogen-bond acceptors (Lipinski definition) is 6. The van der Waals surface area contributed by atoms with Crippen LogP contribution in [0.5, 0.6) is 0 Å². The van der Waals surface area contributed by atoms with Crippen LogP contribution in [-0.4, -0.2) is 21.0 Å². The van der Waals surface area contributed by atoms with E-state index in [1.165, 1.54) is 23.5 Å². The Morgan fingerprint density at radius 3 is 2.91 bits per heavy atom. The van der Waals surface area contributed by atoms with E-state index in [0.29, 0.717) is 5.13 Å². The molecule has 0 saturated carbocycles. The van der Waals surface area contributed by atoms with Crippen LogP contribution in [0.4, 0.5) is 10.8 Å². The second-order valence-electron chi connectivity index (χ2n) is 4.48. The highest BCUT2D eigenvalue weighted by Gasteiger charge is 2.17. The fourth-order valence-electron chi connectivity index (χ4n) is 1.70. The second-order valence-corrected chi connectivity index (χ2v) is 5.95. The van der Waals surface area contributed by atoms with Gasteiger partial charge in [-0.2, -0.15) is 0 Å². The van der Waals surface area contributed by atoms with Gasteiger partial charge in [0.1, 0.15) is 5.01 Å². The SMILES string of the molecule is CCCCc1nnc(NC(=O)c2cc([N+](=O)[O-])ccc2Cl)s1. The molecule has 0 unspecified atom stereocenters. The first-order chi connectivity index (χ1) is 10.5. The number of nitro groups is 1. The zero-order chi connectivity index (χ0) is 16.1. The summed E-state index contributed by atoms with van der Waals surface area (Å²) in [6.07, 6.45) is 2.85. The van der Waals surface area contributed by atoms with E-state index in [2.05, 4.69) is 22.4 Å². The normalized spacial score (nSPS) is 10.5. The number of anilines is 1. The largest absolute Gasteiger partial charge is 0.296 e. The molecule has 0 bridgehead atoms. The molecule has 1 aromatic heterocycles. The van der Waals surface area contributed by atoms with Crippen molar-refractivity contribution in [3.8, 4) is 0 Å². The Hall–Kier alpha value is -2.06. The molecule has 2 rings (SSSR count). The number of carbonyl (C=O) groups is 1. The first-order valence-corrected chi connectivity index (χ1v) is 7.78. The number of halogens is 1. The smallest absolute Gasteiger partial charge is 0.270 e. The van der Waals surface area contributed by atoms with Crippen LogP contribution < -0.4 is 5.32 Å². The van der Waals surface area contributed by atoms with Gasteiger partial charge in [0.15, 0.2) is 0 Å². The molecule has 0 aliphatic heterocycles. The van der Waals surface area contributed by atoms with Crippen LogP contribution in [0.15, 0.2) is 18.2 Å². The van der Waals surface area contributed by atoms with Crippen molar-refractivity contribution in [2.45, 2.75) is 26.2 Å². The third-order valence-corrected chi connectivity index (χ3v) is 4.06. The summed E-state index contributed by atoms with van der Waals surface area (Å²) in [4.78, 5) is 22.3. The number of nitrogens with zero attached hydrogens (tertiary/aromatic N) is 3. The van der Waals surface area contributed by atoms with Gasteiger partial charge in [0, 0.05) is 18.6 Å². The van der Waals surface area contributed by atoms with Gasteiger partial charge in [0.25, 0.3) is 11.6 Å². The molecule has 0 fully saturated rings. The number of nitro benzene ring substituents is 1. The third-order valence-electron chi connectivity index (χ3n) is 2.84. The van der Waals surface area contributed by atoms with E-state index >= 15 is 0 Å². The van der Waals surface area contributed by atoms with Gasteiger partial charge in [-0.15, -0.1) is 10.2 Å². The molecule has 116 valence electrons. The van der Waals surface area contributed by atoms with Gasteiger partial charge in [-0.05, 0) is 12.5 Å². The van der Waals surface area contributed by atoms with Gasteiger partial charge >= 0.3 is 0 Å². The average molecular weight is 341 g/mol. The number of hydrogen-bond donors (Lipinski definition) is 1. The van der Waals surface area contributed by atoms with Crippen molar-refractivity contribution in [3.63, 3.8) is 0 Å². The van der Waals surface area contributed by atoms with Gasteiger partial charge in [-0.1, -0.05) is 36.3 Å². The molecule has 1 aromatic carbocycles. The lowest BCUT2D eigenvalue weighted by Crippen LogP contribution is -2.12. The van der Waals surface area contributed by atoms with Crippen molar-refractivity contribution >= 4 is 39.7 Å². The lowest BCUT2D eigenvalue weighted by atomic mass is 10.2. The fraction of sp³-hybridized carbons (Fsp3) is 0.308. The number of nitrogens with one attached hydrogen (secondary N) is 1. The Kier molecular flexibility index (Phi) is 5.40. The van der Waals surface area contributed by atoms with Gasteiger partial charge in [0.2, 0.25) is 5.13 Å². The molecule has 0 saturated heterocycles. The molecule has 2 aromatic rings. The molecule has 1 heterocycles. The predicted octanol–water partition coefficient (Wildman–Crippen LogP) is 3.69. The van der Waals surface area contributed by atoms with Crippen LogP contribution in [0.3, 0.4) is 0 Å². The van der Waals surface area contributed by atoms with Crippen molar-refractivity contribution in [2.24, 2.45) is 0 Å². The Labute approximate surface area is 135 Å². The van der Waals surface area contributed by atoms with E-state index in [-0.39, 0.29) is 16.3 Å². The number of non-ortho nitro benzene ring substituents is 1. The van der Waals surface area contributed by atoms with E-state index < -0.39 is 10.8 Å². The quantitative estimate of drug-likeness (QED) is 0.638. The first kappa shape index (κ1) is 16.3. The van der Waals surface area contributed by atoms with Gasteiger partial charge in [-0.25, -0.2) is 0 Å². The lowest BCUT2D eigenvalue weighted by Gasteiger charge is -2.03. The van der Waals surface area contributed by atoms with Crippen molar-refractivity contribution in [1.82, 2.24) is 10.2 Å². The molecular formula is C13H13ClN4O3S. The zero-order valence-corrected chi connectivity index (χ0v) is 13.3. The summed E-state index contributed by atoms with van der Waals surface area (Å²) in [5, 5.41) is 22.5. The molecule has 0 aliphatic carbocycles. The molecule has 0 atom stereocenters. The highest BCUT2D eigenvalue weighted by atomic mass is 35.5. The van der Waals surface area contributed by atoms with Gasteiger partial charge in [0.05, 0.1) is 15.5 Å². The Balaban J connectivity index is 2.13. The van der Waals surface area contributed by atoms with Crippen molar-refractivity contribution in [1.29, 1.82) is 0 Å². The van der Waals surface area contributed by atoms with E-state index in [4.69, 9.17) is 11.6 Å². The maximum Gasteiger partial charge on any atom is 0.270 e. The van der Waals surface area contributed by atoms with E-state index in [1.807, 2.05) is 0 Å². The number of unbranched alkanes of at least 4 members (excludes halogenated alkanes) is 1. The second kappa shape index (κ2) is 7.28. The summed E-state index contributed by atoms with van der Waals surface area (Å²) in [7, 11) is 0. The summed E-state index contributed by atoms with van der Waals surface area (Å²) in [6.45, 7) is 2.08. The summed E-state index contributed by atoms with van der Waals surface area (Å²) < 4.78 is 0. The summed E-state index contributed by atoms with van der Waals surface area (Å²) in [5.41, 5.74) is -0.170. The minimum Gasteiger partial charge on any atom is -0.296 e. The molecule has 7 nitrogen and oxygen atoms in total. The number of aryl methyl sites for hydroxylation is 1. The Morgan fingerprint density at radius 1 is 1.45 bits per heavy atom. The number of aromatic nitrogens is 2. The van der Waals surface area contributed by atoms with Crippen LogP contribution in [0.1, 0.15) is 35.1 Å². The molecule has 1 amide bonds. The zero-order valence-electron chi connectivity index (χ0n) is 11.7. The highest BCUT2D eigenvalue weighted by molar-refractivity contribution is 7.15. The molecule has 9 heteroatoms. The molecule has 1 N–H and O–H groups in total. The van der Waals surface area contributed by atoms with Crippen LogP contribution in [0, 0.1) is 10.1 Å². The molecular weight excluding hydrogens is 328 g/mol. The maximum absolute atomic E-state index is 12.2. The first-order valence-electron chi connectivity index (χ1n) is 6.59. The predicted molar refractivity (Wildman–Crippen MR) is 84.6 cm³/mol. The van der Waals surface area contributed by atoms with Gasteiger partial charge < -0.3 is 0 Å². The number of carbonyl (C=O) groups excluding carboxylic acids is 1. The van der Waals surface area contributed by atoms with Crippen LogP contribution in [-0.2, 0) is 6.42 Å². The van der Waals surface area contributed by atoms with Crippen LogP contribution >= 0.6 is 22.9 Å². The van der Waals surface area contributed by atoms with Crippen LogP contribution in [0.2, 0.25) is 5.02 Å². The molecule has 0 spiro atoms. The Bertz CT molecular complexity index is 704. The van der Waals surface area contributed by atoms with Crippen LogP contribution in [0.25, 0.3) is 0 Å². The number of rotatable bonds is 6. The van der Waals surface area contributed by atoms with Crippen molar-refractivity contribution in [3.05, 3.63) is 43.9 Å². The average Bonchev–Trinajstić information content (AvgIpc) is 2.92. The topological polar surface area (TPSA) is 98.0 Å². The highest BCUT2D eigenvalue weighted by Crippen LogP contribution is 2.24. The summed E-state index contributed by atoms with van der Waals surface area (Å²) in [5.74, 6) is -0.549. The minimum absolute atomic E-state index is 0.0289. The standard InChI is InChI=1S/C13H13ClN4O3S/c1-2-3-4-11-16-17-13(22-11)15-12(19)9-7-8(18(20)21)5-6-10(9)14/h5-7H,2-4H2,1H3,(H,15,17,19). The molecule has 0 radical (unpaired) electrons. The minimum atomic E-state index is -0.582. The van der Waals surface area contributed by atoms with Crippen molar-refractivity contribution in [2.75, 3.05) is 5.32 Å². The summed E-state index contributed by atoms with van der Waals surface area (Å²) in [6, 6.07) is 3.70. The lowest BCUT2D eigenvalue weighted by molar-refractivity contribution is -0.384. The molecule has 22 heavy (non-hydrogen) atoms. The monoisotopic (exact) mass is 340 g/mol. The number of amides is 1. The molecule has 0 aliphatic rings. The van der Waals surface area contributed by atoms with E-state index in [1.54, 1.807) is 0 Å².